The number of benzene rings is 4. The second-order valence-electron chi connectivity index (χ2n) is 11.2. The molecule has 4 aromatic rings. The Kier molecular flexibility index (Phi) is 13.5. The van der Waals surface area contributed by atoms with Gasteiger partial charge in [0.15, 0.2) is 0 Å². The van der Waals surface area contributed by atoms with Crippen molar-refractivity contribution in [3.05, 3.63) is 156 Å². The van der Waals surface area contributed by atoms with Gasteiger partial charge in [-0.05, 0) is 22.3 Å². The van der Waals surface area contributed by atoms with E-state index in [4.69, 9.17) is 33.2 Å². The zero-order chi connectivity index (χ0) is 31.8. The molecule has 5 rings (SSSR count). The van der Waals surface area contributed by atoms with Gasteiger partial charge in [0, 0.05) is 7.11 Å². The number of hydrogen-bond acceptors (Lipinski definition) is 7. The second kappa shape index (κ2) is 18.5. The molecular weight excluding hydrogens is 580 g/mol. The Morgan fingerprint density at radius 2 is 0.717 bits per heavy atom. The van der Waals surface area contributed by atoms with Crippen LogP contribution in [0.25, 0.3) is 0 Å². The summed E-state index contributed by atoms with van der Waals surface area (Å²) in [5.74, 6) is 0. The van der Waals surface area contributed by atoms with E-state index in [-0.39, 0.29) is 13.4 Å². The Labute approximate surface area is 272 Å². The van der Waals surface area contributed by atoms with Crippen LogP contribution in [0.1, 0.15) is 22.3 Å². The van der Waals surface area contributed by atoms with Gasteiger partial charge < -0.3 is 33.2 Å². The van der Waals surface area contributed by atoms with Gasteiger partial charge in [-0.3, -0.25) is 0 Å². The highest BCUT2D eigenvalue weighted by Gasteiger charge is 2.55. The van der Waals surface area contributed by atoms with Crippen molar-refractivity contribution < 1.29 is 33.2 Å². The van der Waals surface area contributed by atoms with Crippen LogP contribution in [0.4, 0.5) is 0 Å². The molecular formula is C39H44O7. The Morgan fingerprint density at radius 3 is 1.00 bits per heavy atom. The van der Waals surface area contributed by atoms with E-state index in [1.807, 2.05) is 121 Å². The lowest BCUT2D eigenvalue weighted by Crippen LogP contribution is -2.67. The number of hydrogen-bond donors (Lipinski definition) is 0. The molecule has 6 atom stereocenters. The monoisotopic (exact) mass is 624 g/mol. The van der Waals surface area contributed by atoms with Crippen molar-refractivity contribution in [2.45, 2.75) is 63.1 Å². The van der Waals surface area contributed by atoms with Crippen molar-refractivity contribution in [1.29, 1.82) is 0 Å². The van der Waals surface area contributed by atoms with E-state index in [2.05, 4.69) is 6.58 Å². The Balaban J connectivity index is 1.53. The maximum absolute atomic E-state index is 6.79. The average Bonchev–Trinajstić information content (AvgIpc) is 3.12. The predicted molar refractivity (Wildman–Crippen MR) is 177 cm³/mol. The summed E-state index contributed by atoms with van der Waals surface area (Å²) in [6.45, 7) is 5.62. The van der Waals surface area contributed by atoms with Crippen LogP contribution in [-0.4, -0.2) is 57.1 Å². The van der Waals surface area contributed by atoms with Gasteiger partial charge in [0.1, 0.15) is 43.4 Å². The summed E-state index contributed by atoms with van der Waals surface area (Å²) in [5.41, 5.74) is 4.13. The van der Waals surface area contributed by atoms with Crippen molar-refractivity contribution in [3.8, 4) is 0 Å². The van der Waals surface area contributed by atoms with Crippen molar-refractivity contribution in [2.75, 3.05) is 20.5 Å². The fraction of sp³-hybridized carbons (Fsp3) is 0.333. The molecule has 7 nitrogen and oxygen atoms in total. The van der Waals surface area contributed by atoms with Gasteiger partial charge in [0.2, 0.25) is 0 Å². The molecule has 0 bridgehead atoms. The first-order chi connectivity index (χ1) is 22.8. The minimum absolute atomic E-state index is 0.0379. The van der Waals surface area contributed by atoms with E-state index >= 15 is 0 Å². The highest BCUT2D eigenvalue weighted by atomic mass is 16.7. The molecule has 0 N–H and O–H groups in total. The van der Waals surface area contributed by atoms with Gasteiger partial charge in [-0.25, -0.2) is 0 Å². The molecule has 46 heavy (non-hydrogen) atoms. The van der Waals surface area contributed by atoms with Crippen molar-refractivity contribution in [2.24, 2.45) is 0 Å². The Hall–Kier alpha value is -3.66. The first-order valence-corrected chi connectivity index (χ1v) is 15.7. The first kappa shape index (κ1) is 33.7. The molecule has 0 unspecified atom stereocenters. The van der Waals surface area contributed by atoms with Gasteiger partial charge in [0.05, 0.1) is 33.0 Å². The van der Waals surface area contributed by atoms with Gasteiger partial charge in [-0.2, -0.15) is 0 Å². The molecule has 1 aliphatic rings. The SMILES string of the molecule is C=CCO[C@H]1[C@H](OCOC)[C@H](OCc2ccccc2)[C@@H](OCc2ccccc2)[C@H](OCc2ccccc2)[C@H]1OCc1ccccc1. The molecule has 4 aromatic carbocycles. The topological polar surface area (TPSA) is 64.6 Å². The van der Waals surface area contributed by atoms with Gasteiger partial charge in [-0.15, -0.1) is 6.58 Å². The normalized spacial score (nSPS) is 22.8. The summed E-state index contributed by atoms with van der Waals surface area (Å²) < 4.78 is 45.3. The van der Waals surface area contributed by atoms with Gasteiger partial charge in [-0.1, -0.05) is 127 Å². The van der Waals surface area contributed by atoms with Crippen molar-refractivity contribution in [3.63, 3.8) is 0 Å². The van der Waals surface area contributed by atoms with E-state index in [0.717, 1.165) is 22.3 Å². The molecule has 0 aromatic heterocycles. The lowest BCUT2D eigenvalue weighted by Gasteiger charge is -2.49. The zero-order valence-electron chi connectivity index (χ0n) is 26.4. The highest BCUT2D eigenvalue weighted by Crippen LogP contribution is 2.36. The minimum Gasteiger partial charge on any atom is -0.369 e. The fourth-order valence-corrected chi connectivity index (χ4v) is 5.65. The Morgan fingerprint density at radius 1 is 0.435 bits per heavy atom. The van der Waals surface area contributed by atoms with Crippen LogP contribution in [0.5, 0.6) is 0 Å². The van der Waals surface area contributed by atoms with Crippen LogP contribution >= 0.6 is 0 Å². The van der Waals surface area contributed by atoms with Gasteiger partial charge in [0.25, 0.3) is 0 Å². The molecule has 0 saturated heterocycles. The van der Waals surface area contributed by atoms with Gasteiger partial charge >= 0.3 is 0 Å². The number of methoxy groups -OCH3 is 1. The quantitative estimate of drug-likeness (QED) is 0.0882. The highest BCUT2D eigenvalue weighted by molar-refractivity contribution is 5.17. The molecule has 242 valence electrons. The summed E-state index contributed by atoms with van der Waals surface area (Å²) in [4.78, 5) is 0. The van der Waals surface area contributed by atoms with Crippen molar-refractivity contribution in [1.82, 2.24) is 0 Å². The van der Waals surface area contributed by atoms with Crippen LogP contribution < -0.4 is 0 Å². The van der Waals surface area contributed by atoms with E-state index in [1.165, 1.54) is 0 Å². The van der Waals surface area contributed by atoms with E-state index in [0.29, 0.717) is 26.4 Å². The lowest BCUT2D eigenvalue weighted by atomic mass is 9.83. The van der Waals surface area contributed by atoms with E-state index in [1.54, 1.807) is 13.2 Å². The third-order valence-corrected chi connectivity index (χ3v) is 7.87. The molecule has 1 saturated carbocycles. The van der Waals surface area contributed by atoms with Crippen LogP contribution in [0.3, 0.4) is 0 Å². The summed E-state index contributed by atoms with van der Waals surface area (Å²) in [6.07, 6.45) is -1.81. The molecule has 0 spiro atoms. The molecule has 0 radical (unpaired) electrons. The van der Waals surface area contributed by atoms with E-state index < -0.39 is 36.6 Å². The van der Waals surface area contributed by atoms with Crippen LogP contribution in [-0.2, 0) is 59.6 Å². The molecule has 0 heterocycles. The molecule has 1 fully saturated rings. The van der Waals surface area contributed by atoms with Crippen LogP contribution in [0.2, 0.25) is 0 Å². The number of ether oxygens (including phenoxy) is 7. The predicted octanol–water partition coefficient (Wildman–Crippen LogP) is 6.90. The third-order valence-electron chi connectivity index (χ3n) is 7.87. The van der Waals surface area contributed by atoms with Crippen LogP contribution in [0, 0.1) is 0 Å². The zero-order valence-corrected chi connectivity index (χ0v) is 26.4. The summed E-state index contributed by atoms with van der Waals surface area (Å²) in [7, 11) is 1.60. The summed E-state index contributed by atoms with van der Waals surface area (Å²) in [5, 5.41) is 0. The second-order valence-corrected chi connectivity index (χ2v) is 11.2. The molecule has 0 amide bonds. The molecule has 7 heteroatoms. The maximum atomic E-state index is 6.79. The smallest absolute Gasteiger partial charge is 0.146 e. The third kappa shape index (κ3) is 9.67. The minimum atomic E-state index is -0.610. The molecule has 1 aliphatic carbocycles. The molecule has 0 aliphatic heterocycles. The summed E-state index contributed by atoms with van der Waals surface area (Å²) >= 11 is 0. The van der Waals surface area contributed by atoms with Crippen molar-refractivity contribution >= 4 is 0 Å². The average molecular weight is 625 g/mol. The van der Waals surface area contributed by atoms with E-state index in [9.17, 15) is 0 Å². The maximum Gasteiger partial charge on any atom is 0.146 e. The Bertz CT molecular complexity index is 1390. The largest absolute Gasteiger partial charge is 0.369 e. The first-order valence-electron chi connectivity index (χ1n) is 15.7. The fourth-order valence-electron chi connectivity index (χ4n) is 5.65. The van der Waals surface area contributed by atoms with Crippen LogP contribution in [0.15, 0.2) is 134 Å². The number of rotatable bonds is 18. The summed E-state index contributed by atoms with van der Waals surface area (Å²) in [6, 6.07) is 40.3. The lowest BCUT2D eigenvalue weighted by molar-refractivity contribution is -0.295. The standard InChI is InChI=1S/C39H44O7/c1-3-24-41-34-35(42-25-30-16-8-4-9-17-30)36(43-26-31-18-10-5-11-19-31)37(44-27-32-20-12-6-13-21-32)38(39(34)46-29-40-2)45-28-33-22-14-7-15-23-33/h3-23,34-39H,1,24-29H2,2H3/t34-,35+,36-,37+,38-,39+/m1/s1.